The van der Waals surface area contributed by atoms with Crippen LogP contribution in [0.4, 0.5) is 4.39 Å². The molecule has 0 saturated carbocycles. The summed E-state index contributed by atoms with van der Waals surface area (Å²) in [6.07, 6.45) is 0.254. The Morgan fingerprint density at radius 3 is 2.86 bits per heavy atom. The Bertz CT molecular complexity index is 718. The van der Waals surface area contributed by atoms with Crippen molar-refractivity contribution in [1.82, 2.24) is 10.1 Å². The van der Waals surface area contributed by atoms with Gasteiger partial charge in [-0.05, 0) is 34.1 Å². The zero-order chi connectivity index (χ0) is 15.2. The van der Waals surface area contributed by atoms with Gasteiger partial charge in [-0.25, -0.2) is 4.39 Å². The van der Waals surface area contributed by atoms with Crippen molar-refractivity contribution >= 4 is 21.8 Å². The Balaban J connectivity index is 1.97. The molecule has 5 nitrogen and oxygen atoms in total. The second-order valence-electron chi connectivity index (χ2n) is 5.04. The number of aromatic nitrogens is 1. The van der Waals surface area contributed by atoms with Gasteiger partial charge in [-0.2, -0.15) is 0 Å². The number of likely N-dealkylation sites (N-methyl/N-ethyl adjacent to an activating group) is 1. The standard InChI is InChI=1S/C14H12BrFN2O3/c1-18-5-4-14(20,13(18)19)12-7-11(17-21-12)8-2-3-10(16)9(15)6-8/h2-3,6-7,20H,4-5H2,1H3/t14-/m1/s1. The third-order valence-corrected chi connectivity index (χ3v) is 4.25. The highest BCUT2D eigenvalue weighted by Gasteiger charge is 2.48. The number of carbonyl (C=O) groups excluding carboxylic acids is 1. The van der Waals surface area contributed by atoms with Gasteiger partial charge in [0.2, 0.25) is 5.60 Å². The van der Waals surface area contributed by atoms with Gasteiger partial charge in [0.1, 0.15) is 11.5 Å². The van der Waals surface area contributed by atoms with Crippen LogP contribution in [0.2, 0.25) is 0 Å². The largest absolute Gasteiger partial charge is 0.373 e. The molecule has 1 aliphatic heterocycles. The van der Waals surface area contributed by atoms with Gasteiger partial charge in [-0.3, -0.25) is 4.79 Å². The van der Waals surface area contributed by atoms with Crippen molar-refractivity contribution in [3.63, 3.8) is 0 Å². The maximum atomic E-state index is 13.2. The molecule has 21 heavy (non-hydrogen) atoms. The van der Waals surface area contributed by atoms with E-state index in [1.54, 1.807) is 19.2 Å². The lowest BCUT2D eigenvalue weighted by Crippen LogP contribution is -2.35. The first-order valence-electron chi connectivity index (χ1n) is 6.32. The summed E-state index contributed by atoms with van der Waals surface area (Å²) in [5.74, 6) is -0.688. The minimum Gasteiger partial charge on any atom is -0.373 e. The summed E-state index contributed by atoms with van der Waals surface area (Å²) >= 11 is 3.10. The fraction of sp³-hybridized carbons (Fsp3) is 0.286. The average Bonchev–Trinajstić information content (AvgIpc) is 3.05. The summed E-state index contributed by atoms with van der Waals surface area (Å²) in [7, 11) is 1.62. The Kier molecular flexibility index (Phi) is 3.33. The summed E-state index contributed by atoms with van der Waals surface area (Å²) in [5.41, 5.74) is -0.612. The second kappa shape index (κ2) is 4.92. The molecule has 2 heterocycles. The van der Waals surface area contributed by atoms with E-state index >= 15 is 0 Å². The Morgan fingerprint density at radius 2 is 2.24 bits per heavy atom. The first kappa shape index (κ1) is 14.2. The van der Waals surface area contributed by atoms with E-state index in [4.69, 9.17) is 4.52 Å². The molecule has 7 heteroatoms. The number of benzene rings is 1. The van der Waals surface area contributed by atoms with E-state index in [0.29, 0.717) is 22.3 Å². The zero-order valence-electron chi connectivity index (χ0n) is 11.1. The van der Waals surface area contributed by atoms with Gasteiger partial charge in [0, 0.05) is 31.6 Å². The third kappa shape index (κ3) is 2.26. The molecule has 1 N–H and O–H groups in total. The van der Waals surface area contributed by atoms with Crippen molar-refractivity contribution in [2.24, 2.45) is 0 Å². The van der Waals surface area contributed by atoms with E-state index in [0.717, 1.165) is 0 Å². The first-order chi connectivity index (χ1) is 9.91. The molecule has 1 atom stereocenters. The van der Waals surface area contributed by atoms with Crippen LogP contribution in [0.3, 0.4) is 0 Å². The van der Waals surface area contributed by atoms with Gasteiger partial charge in [-0.15, -0.1) is 0 Å². The molecule has 1 aromatic heterocycles. The lowest BCUT2D eigenvalue weighted by Gasteiger charge is -2.16. The molecule has 110 valence electrons. The summed E-state index contributed by atoms with van der Waals surface area (Å²) in [4.78, 5) is 13.4. The highest BCUT2D eigenvalue weighted by molar-refractivity contribution is 9.10. The smallest absolute Gasteiger partial charge is 0.262 e. The monoisotopic (exact) mass is 354 g/mol. The number of rotatable bonds is 2. The first-order valence-corrected chi connectivity index (χ1v) is 7.11. The fourth-order valence-corrected chi connectivity index (χ4v) is 2.72. The van der Waals surface area contributed by atoms with Crippen LogP contribution < -0.4 is 0 Å². The molecule has 3 rings (SSSR count). The van der Waals surface area contributed by atoms with Gasteiger partial charge >= 0.3 is 0 Å². The molecule has 1 saturated heterocycles. The number of amides is 1. The van der Waals surface area contributed by atoms with Gasteiger partial charge in [-0.1, -0.05) is 5.16 Å². The molecule has 1 aromatic carbocycles. The molecule has 0 aliphatic carbocycles. The predicted molar refractivity (Wildman–Crippen MR) is 75.7 cm³/mol. The third-order valence-electron chi connectivity index (χ3n) is 3.64. The number of hydrogen-bond acceptors (Lipinski definition) is 4. The number of likely N-dealkylation sites (tertiary alicyclic amines) is 1. The number of nitrogens with zero attached hydrogens (tertiary/aromatic N) is 2. The number of halogens is 2. The Morgan fingerprint density at radius 1 is 1.48 bits per heavy atom. The summed E-state index contributed by atoms with van der Waals surface area (Å²) in [5, 5.41) is 14.3. The van der Waals surface area contributed by atoms with E-state index in [-0.39, 0.29) is 18.0 Å². The molecule has 0 spiro atoms. The molecule has 1 aliphatic rings. The highest BCUT2D eigenvalue weighted by atomic mass is 79.9. The summed E-state index contributed by atoms with van der Waals surface area (Å²) in [6, 6.07) is 5.92. The van der Waals surface area contributed by atoms with Gasteiger partial charge in [0.25, 0.3) is 5.91 Å². The number of hydrogen-bond donors (Lipinski definition) is 1. The normalized spacial score (nSPS) is 22.1. The van der Waals surface area contributed by atoms with Crippen molar-refractivity contribution in [1.29, 1.82) is 0 Å². The molecule has 1 fully saturated rings. The van der Waals surface area contributed by atoms with Crippen LogP contribution >= 0.6 is 15.9 Å². The maximum absolute atomic E-state index is 13.2. The Labute approximate surface area is 128 Å². The van der Waals surface area contributed by atoms with Crippen LogP contribution in [0.25, 0.3) is 11.3 Å². The fourth-order valence-electron chi connectivity index (χ4n) is 2.34. The minimum atomic E-state index is -1.67. The van der Waals surface area contributed by atoms with Crippen molar-refractivity contribution in [2.75, 3.05) is 13.6 Å². The number of carbonyl (C=O) groups is 1. The maximum Gasteiger partial charge on any atom is 0.262 e. The molecule has 0 radical (unpaired) electrons. The predicted octanol–water partition coefficient (Wildman–Crippen LogP) is 2.29. The van der Waals surface area contributed by atoms with Crippen molar-refractivity contribution in [2.45, 2.75) is 12.0 Å². The van der Waals surface area contributed by atoms with Gasteiger partial charge < -0.3 is 14.5 Å². The van der Waals surface area contributed by atoms with E-state index in [9.17, 15) is 14.3 Å². The molecule has 0 unspecified atom stereocenters. The molecule has 1 amide bonds. The van der Waals surface area contributed by atoms with Crippen molar-refractivity contribution < 1.29 is 18.8 Å². The van der Waals surface area contributed by atoms with E-state index < -0.39 is 11.5 Å². The lowest BCUT2D eigenvalue weighted by atomic mass is 9.98. The lowest BCUT2D eigenvalue weighted by molar-refractivity contribution is -0.144. The van der Waals surface area contributed by atoms with Gasteiger partial charge in [0.05, 0.1) is 4.47 Å². The SMILES string of the molecule is CN1CC[C@@](O)(c2cc(-c3ccc(F)c(Br)c3)no2)C1=O. The summed E-state index contributed by atoms with van der Waals surface area (Å²) in [6.45, 7) is 0.452. The highest BCUT2D eigenvalue weighted by Crippen LogP contribution is 2.35. The van der Waals surface area contributed by atoms with E-state index in [1.807, 2.05) is 0 Å². The van der Waals surface area contributed by atoms with Crippen molar-refractivity contribution in [3.05, 3.63) is 40.3 Å². The van der Waals surface area contributed by atoms with Crippen LogP contribution in [0, 0.1) is 5.82 Å². The zero-order valence-corrected chi connectivity index (χ0v) is 12.7. The van der Waals surface area contributed by atoms with Crippen LogP contribution in [0.5, 0.6) is 0 Å². The van der Waals surface area contributed by atoms with Crippen LogP contribution in [0.1, 0.15) is 12.2 Å². The molecule has 2 aromatic rings. The second-order valence-corrected chi connectivity index (χ2v) is 5.90. The Hall–Kier alpha value is -1.73. The van der Waals surface area contributed by atoms with E-state index in [1.165, 1.54) is 17.0 Å². The van der Waals surface area contributed by atoms with Crippen molar-refractivity contribution in [3.8, 4) is 11.3 Å². The average molecular weight is 355 g/mol. The topological polar surface area (TPSA) is 66.6 Å². The van der Waals surface area contributed by atoms with E-state index in [2.05, 4.69) is 21.1 Å². The van der Waals surface area contributed by atoms with Crippen LogP contribution in [-0.2, 0) is 10.4 Å². The summed E-state index contributed by atoms with van der Waals surface area (Å²) < 4.78 is 18.7. The van der Waals surface area contributed by atoms with Crippen LogP contribution in [0.15, 0.2) is 33.3 Å². The van der Waals surface area contributed by atoms with Gasteiger partial charge in [0.15, 0.2) is 5.76 Å². The quantitative estimate of drug-likeness (QED) is 0.898. The molecular formula is C14H12BrFN2O3. The number of aliphatic hydroxyl groups is 1. The van der Waals surface area contributed by atoms with Crippen LogP contribution in [-0.4, -0.2) is 34.7 Å². The molecular weight excluding hydrogens is 343 g/mol. The minimum absolute atomic E-state index is 0.104. The molecule has 0 bridgehead atoms.